The van der Waals surface area contributed by atoms with Crippen molar-refractivity contribution in [1.29, 1.82) is 0 Å². The maximum atomic E-state index is 14.1. The van der Waals surface area contributed by atoms with Gasteiger partial charge in [-0.2, -0.15) is 0 Å². The van der Waals surface area contributed by atoms with Crippen LogP contribution in [0.1, 0.15) is 39.3 Å². The Morgan fingerprint density at radius 2 is 1.18 bits per heavy atom. The highest BCUT2D eigenvalue weighted by molar-refractivity contribution is 7.93. The average molecular weight is 466 g/mol. The van der Waals surface area contributed by atoms with Gasteiger partial charge in [0, 0.05) is 5.92 Å². The average Bonchev–Trinajstić information content (AvgIpc) is 2.84. The van der Waals surface area contributed by atoms with E-state index in [9.17, 15) is 8.42 Å². The molecule has 34 heavy (non-hydrogen) atoms. The first kappa shape index (κ1) is 22.2. The lowest BCUT2D eigenvalue weighted by Gasteiger charge is -2.35. The van der Waals surface area contributed by atoms with Crippen LogP contribution in [0, 0.1) is 20.8 Å². The summed E-state index contributed by atoms with van der Waals surface area (Å²) in [4.78, 5) is 0.278. The number of nitrogens with zero attached hydrogens (tertiary/aromatic N) is 1. The molecular formula is C30H27NO2S. The Balaban J connectivity index is 1.77. The summed E-state index contributed by atoms with van der Waals surface area (Å²) in [5.41, 5.74) is 7.67. The number of aryl methyl sites for hydroxylation is 3. The van der Waals surface area contributed by atoms with E-state index in [4.69, 9.17) is 0 Å². The molecule has 0 saturated carbocycles. The van der Waals surface area contributed by atoms with Crippen LogP contribution in [0.25, 0.3) is 5.70 Å². The molecule has 4 heteroatoms. The Bertz CT molecular complexity index is 1470. The molecular weight excluding hydrogens is 438 g/mol. The summed E-state index contributed by atoms with van der Waals surface area (Å²) < 4.78 is 29.7. The van der Waals surface area contributed by atoms with E-state index >= 15 is 0 Å². The quantitative estimate of drug-likeness (QED) is 0.326. The zero-order chi connectivity index (χ0) is 23.9. The van der Waals surface area contributed by atoms with Gasteiger partial charge in [-0.15, -0.1) is 0 Å². The summed E-state index contributed by atoms with van der Waals surface area (Å²) in [6, 6.07) is 31.4. The van der Waals surface area contributed by atoms with Gasteiger partial charge in [0.05, 0.1) is 16.3 Å². The van der Waals surface area contributed by atoms with Crippen LogP contribution in [-0.4, -0.2) is 8.42 Å². The fraction of sp³-hybridized carbons (Fsp3) is 0.133. The zero-order valence-corrected chi connectivity index (χ0v) is 20.4. The van der Waals surface area contributed by atoms with Crippen molar-refractivity contribution >= 4 is 21.4 Å². The number of anilines is 1. The molecule has 0 aliphatic carbocycles. The van der Waals surface area contributed by atoms with Gasteiger partial charge in [-0.1, -0.05) is 95.6 Å². The third kappa shape index (κ3) is 3.95. The Hall–Kier alpha value is -3.63. The van der Waals surface area contributed by atoms with Gasteiger partial charge in [-0.3, -0.25) is 0 Å². The molecule has 1 unspecified atom stereocenters. The van der Waals surface area contributed by atoms with Gasteiger partial charge in [-0.25, -0.2) is 12.7 Å². The van der Waals surface area contributed by atoms with Crippen molar-refractivity contribution in [1.82, 2.24) is 0 Å². The van der Waals surface area contributed by atoms with Gasteiger partial charge in [0.1, 0.15) is 0 Å². The van der Waals surface area contributed by atoms with Crippen LogP contribution in [0.5, 0.6) is 0 Å². The van der Waals surface area contributed by atoms with Crippen molar-refractivity contribution in [3.8, 4) is 0 Å². The van der Waals surface area contributed by atoms with Gasteiger partial charge in [-0.05, 0) is 61.7 Å². The van der Waals surface area contributed by atoms with Crippen molar-refractivity contribution in [2.24, 2.45) is 0 Å². The van der Waals surface area contributed by atoms with E-state index in [-0.39, 0.29) is 10.8 Å². The van der Waals surface area contributed by atoms with Crippen LogP contribution in [-0.2, 0) is 10.0 Å². The lowest BCUT2D eigenvalue weighted by Crippen LogP contribution is -2.33. The van der Waals surface area contributed by atoms with Crippen LogP contribution in [0.2, 0.25) is 0 Å². The number of hydrogen-bond donors (Lipinski definition) is 0. The van der Waals surface area contributed by atoms with E-state index in [1.807, 2.05) is 74.5 Å². The molecule has 1 heterocycles. The van der Waals surface area contributed by atoms with Gasteiger partial charge in [0.15, 0.2) is 0 Å². The smallest absolute Gasteiger partial charge is 0.234 e. The van der Waals surface area contributed by atoms with Crippen molar-refractivity contribution in [2.75, 3.05) is 4.31 Å². The third-order valence-electron chi connectivity index (χ3n) is 6.38. The molecule has 0 bridgehead atoms. The Morgan fingerprint density at radius 1 is 0.647 bits per heavy atom. The number of para-hydroxylation sites is 1. The number of benzene rings is 4. The fourth-order valence-electron chi connectivity index (χ4n) is 4.44. The molecule has 1 atom stereocenters. The second-order valence-corrected chi connectivity index (χ2v) is 10.7. The number of hydrogen-bond acceptors (Lipinski definition) is 2. The molecule has 5 rings (SSSR count). The maximum Gasteiger partial charge on any atom is 0.268 e. The van der Waals surface area contributed by atoms with Crippen molar-refractivity contribution in [2.45, 2.75) is 31.6 Å². The molecule has 4 aromatic carbocycles. The summed E-state index contributed by atoms with van der Waals surface area (Å²) in [5, 5.41) is 0. The molecule has 0 radical (unpaired) electrons. The predicted octanol–water partition coefficient (Wildman–Crippen LogP) is 6.99. The van der Waals surface area contributed by atoms with E-state index < -0.39 is 10.0 Å². The molecule has 0 spiro atoms. The molecule has 1 aliphatic heterocycles. The zero-order valence-electron chi connectivity index (χ0n) is 19.6. The number of sulfonamides is 1. The highest BCUT2D eigenvalue weighted by atomic mass is 32.2. The van der Waals surface area contributed by atoms with E-state index in [1.165, 1.54) is 9.87 Å². The number of rotatable bonds is 4. The van der Waals surface area contributed by atoms with E-state index in [0.29, 0.717) is 11.4 Å². The Morgan fingerprint density at radius 3 is 1.79 bits per heavy atom. The van der Waals surface area contributed by atoms with Crippen molar-refractivity contribution in [3.63, 3.8) is 0 Å². The van der Waals surface area contributed by atoms with Crippen LogP contribution in [0.4, 0.5) is 5.69 Å². The highest BCUT2D eigenvalue weighted by Gasteiger charge is 2.36. The minimum atomic E-state index is -3.85. The van der Waals surface area contributed by atoms with Crippen molar-refractivity contribution < 1.29 is 8.42 Å². The largest absolute Gasteiger partial charge is 0.268 e. The summed E-state index contributed by atoms with van der Waals surface area (Å²) in [6.07, 6.45) is 2.09. The second kappa shape index (κ2) is 8.62. The molecule has 3 nitrogen and oxygen atoms in total. The molecule has 4 aromatic rings. The summed E-state index contributed by atoms with van der Waals surface area (Å²) >= 11 is 0. The van der Waals surface area contributed by atoms with Gasteiger partial charge >= 0.3 is 0 Å². The van der Waals surface area contributed by atoms with E-state index in [1.54, 1.807) is 12.1 Å². The van der Waals surface area contributed by atoms with Crippen LogP contribution >= 0.6 is 0 Å². The lowest BCUT2D eigenvalue weighted by molar-refractivity contribution is 0.596. The molecule has 0 saturated heterocycles. The second-order valence-electron chi connectivity index (χ2n) is 8.95. The summed E-state index contributed by atoms with van der Waals surface area (Å²) in [5.74, 6) is -0.0578. The van der Waals surface area contributed by atoms with E-state index in [2.05, 4.69) is 37.3 Å². The van der Waals surface area contributed by atoms with Crippen molar-refractivity contribution in [3.05, 3.63) is 137 Å². The first-order valence-corrected chi connectivity index (χ1v) is 12.8. The number of allylic oxidation sites excluding steroid dienone is 1. The first-order valence-electron chi connectivity index (χ1n) is 11.4. The maximum absolute atomic E-state index is 14.1. The number of fused-ring (bicyclic) bond motifs is 1. The Labute approximate surface area is 202 Å². The van der Waals surface area contributed by atoms with E-state index in [0.717, 1.165) is 27.8 Å². The predicted molar refractivity (Wildman–Crippen MR) is 139 cm³/mol. The molecule has 0 N–H and O–H groups in total. The summed E-state index contributed by atoms with van der Waals surface area (Å²) in [7, 11) is -3.85. The lowest BCUT2D eigenvalue weighted by atomic mass is 9.85. The first-order chi connectivity index (χ1) is 16.3. The molecule has 170 valence electrons. The van der Waals surface area contributed by atoms with Crippen LogP contribution in [0.3, 0.4) is 0 Å². The standard InChI is InChI=1S/C30H27NO2S/c1-21-8-14-24(15-9-21)28-20-30(25-16-10-22(2)11-17-25)31(29-7-5-4-6-27(28)29)34(32,33)26-18-12-23(3)13-19-26/h4-20,28H,1-3H3. The topological polar surface area (TPSA) is 37.4 Å². The van der Waals surface area contributed by atoms with Crippen LogP contribution < -0.4 is 4.31 Å². The minimum absolute atomic E-state index is 0.0578. The van der Waals surface area contributed by atoms with Gasteiger partial charge in [0.2, 0.25) is 0 Å². The third-order valence-corrected chi connectivity index (χ3v) is 8.12. The Kier molecular flexibility index (Phi) is 5.62. The molecule has 0 fully saturated rings. The molecule has 0 aromatic heterocycles. The molecule has 1 aliphatic rings. The van der Waals surface area contributed by atoms with Gasteiger partial charge in [0.25, 0.3) is 10.0 Å². The monoisotopic (exact) mass is 465 g/mol. The molecule has 0 amide bonds. The van der Waals surface area contributed by atoms with Crippen LogP contribution in [0.15, 0.2) is 108 Å². The minimum Gasteiger partial charge on any atom is -0.234 e. The van der Waals surface area contributed by atoms with Gasteiger partial charge < -0.3 is 0 Å². The SMILES string of the molecule is Cc1ccc(C2=CC(c3ccc(C)cc3)c3ccccc3N2S(=O)(=O)c2ccc(C)cc2)cc1. The normalized spacial score (nSPS) is 15.6. The fourth-order valence-corrected chi connectivity index (χ4v) is 5.98. The summed E-state index contributed by atoms with van der Waals surface area (Å²) in [6.45, 7) is 6.06. The highest BCUT2D eigenvalue weighted by Crippen LogP contribution is 2.45.